The minimum atomic E-state index is 0.491. The van der Waals surface area contributed by atoms with Crippen LogP contribution in [0.3, 0.4) is 0 Å². The second-order valence-corrected chi connectivity index (χ2v) is 8.23. The molecule has 1 aromatic rings. The molecule has 1 aromatic heterocycles. The van der Waals surface area contributed by atoms with Crippen LogP contribution in [0.4, 0.5) is 0 Å². The summed E-state index contributed by atoms with van der Waals surface area (Å²) in [7, 11) is 1.87. The number of hydrogen-bond acceptors (Lipinski definition) is 3. The molecule has 0 bridgehead atoms. The van der Waals surface area contributed by atoms with Gasteiger partial charge in [-0.15, -0.1) is 0 Å². The van der Waals surface area contributed by atoms with Crippen LogP contribution in [0.2, 0.25) is 0 Å². The molecule has 0 amide bonds. The van der Waals surface area contributed by atoms with Gasteiger partial charge in [0.25, 0.3) is 0 Å². The third-order valence-corrected chi connectivity index (χ3v) is 5.83. The lowest BCUT2D eigenvalue weighted by molar-refractivity contribution is 0.242. The zero-order valence-electron chi connectivity index (χ0n) is 17.0. The molecule has 0 radical (unpaired) electrons. The van der Waals surface area contributed by atoms with E-state index in [1.54, 1.807) is 0 Å². The summed E-state index contributed by atoms with van der Waals surface area (Å²) in [6, 6.07) is 3.49. The first-order chi connectivity index (χ1) is 12.5. The highest BCUT2D eigenvalue weighted by molar-refractivity contribution is 5.80. The molecule has 6 heteroatoms. The Bertz CT molecular complexity index is 601. The van der Waals surface area contributed by atoms with Crippen molar-refractivity contribution in [2.75, 3.05) is 26.7 Å². The largest absolute Gasteiger partial charge is 0.356 e. The smallest absolute Gasteiger partial charge is 0.191 e. The molecule has 1 saturated carbocycles. The molecule has 2 fully saturated rings. The second-order valence-electron chi connectivity index (χ2n) is 8.23. The van der Waals surface area contributed by atoms with Gasteiger partial charge in [0.2, 0.25) is 0 Å². The standard InChI is InChI=1S/C20H36N6/c1-15(13-26-17(3)11-16(2)24-26)12-22-20(21-4)23-18-9-10-25(14-18)19-7-5-6-8-19/h11,15,18-19H,5-10,12-14H2,1-4H3,(H2,21,22,23). The van der Waals surface area contributed by atoms with Crippen molar-refractivity contribution in [3.05, 3.63) is 17.5 Å². The lowest BCUT2D eigenvalue weighted by Crippen LogP contribution is -2.46. The van der Waals surface area contributed by atoms with Crippen LogP contribution in [0.1, 0.15) is 50.4 Å². The van der Waals surface area contributed by atoms with Gasteiger partial charge in [0.1, 0.15) is 0 Å². The van der Waals surface area contributed by atoms with Crippen molar-refractivity contribution in [2.45, 2.75) is 71.5 Å². The summed E-state index contributed by atoms with van der Waals surface area (Å²) < 4.78 is 2.11. The van der Waals surface area contributed by atoms with E-state index in [9.17, 15) is 0 Å². The first-order valence-corrected chi connectivity index (χ1v) is 10.3. The Labute approximate surface area is 158 Å². The van der Waals surface area contributed by atoms with Gasteiger partial charge in [-0.2, -0.15) is 5.10 Å². The Balaban J connectivity index is 1.41. The number of likely N-dealkylation sites (tertiary alicyclic amines) is 1. The zero-order valence-corrected chi connectivity index (χ0v) is 17.0. The molecule has 26 heavy (non-hydrogen) atoms. The van der Waals surface area contributed by atoms with E-state index in [1.165, 1.54) is 44.3 Å². The normalized spacial score (nSPS) is 23.5. The van der Waals surface area contributed by atoms with Crippen LogP contribution in [0.15, 0.2) is 11.1 Å². The Morgan fingerprint density at radius 2 is 2.08 bits per heavy atom. The summed E-state index contributed by atoms with van der Waals surface area (Å²) in [5.74, 6) is 1.42. The molecule has 146 valence electrons. The SMILES string of the molecule is CN=C(NCC(C)Cn1nc(C)cc1C)NC1CCN(C2CCCC2)C1. The molecule has 0 spiro atoms. The van der Waals surface area contributed by atoms with Crippen LogP contribution in [0.5, 0.6) is 0 Å². The maximum atomic E-state index is 4.56. The second kappa shape index (κ2) is 8.89. The van der Waals surface area contributed by atoms with Gasteiger partial charge in [-0.3, -0.25) is 14.6 Å². The van der Waals surface area contributed by atoms with Gasteiger partial charge >= 0.3 is 0 Å². The van der Waals surface area contributed by atoms with Crippen molar-refractivity contribution in [1.29, 1.82) is 0 Å². The molecule has 2 atom stereocenters. The molecule has 2 aliphatic rings. The van der Waals surface area contributed by atoms with E-state index in [0.29, 0.717) is 12.0 Å². The number of aryl methyl sites for hydroxylation is 2. The summed E-state index contributed by atoms with van der Waals surface area (Å²) in [5, 5.41) is 11.7. The van der Waals surface area contributed by atoms with Crippen molar-refractivity contribution in [2.24, 2.45) is 10.9 Å². The van der Waals surface area contributed by atoms with E-state index < -0.39 is 0 Å². The molecule has 2 heterocycles. The highest BCUT2D eigenvalue weighted by Crippen LogP contribution is 2.26. The van der Waals surface area contributed by atoms with Gasteiger partial charge in [0, 0.05) is 51.0 Å². The maximum absolute atomic E-state index is 4.56. The number of nitrogens with one attached hydrogen (secondary N) is 2. The summed E-state index contributed by atoms with van der Waals surface area (Å²) in [5.41, 5.74) is 2.32. The van der Waals surface area contributed by atoms with Crippen molar-refractivity contribution < 1.29 is 0 Å². The molecule has 1 aliphatic carbocycles. The molecule has 2 N–H and O–H groups in total. The minimum absolute atomic E-state index is 0.491. The topological polar surface area (TPSA) is 57.5 Å². The van der Waals surface area contributed by atoms with Crippen LogP contribution < -0.4 is 10.6 Å². The third kappa shape index (κ3) is 5.00. The van der Waals surface area contributed by atoms with Gasteiger partial charge in [0.15, 0.2) is 5.96 Å². The average Bonchev–Trinajstić information content (AvgIpc) is 3.33. The number of rotatable bonds is 6. The van der Waals surface area contributed by atoms with Gasteiger partial charge in [0.05, 0.1) is 5.69 Å². The average molecular weight is 361 g/mol. The van der Waals surface area contributed by atoms with E-state index in [4.69, 9.17) is 0 Å². The third-order valence-electron chi connectivity index (χ3n) is 5.83. The van der Waals surface area contributed by atoms with Crippen molar-refractivity contribution in [3.63, 3.8) is 0 Å². The van der Waals surface area contributed by atoms with E-state index in [0.717, 1.165) is 37.3 Å². The predicted octanol–water partition coefficient (Wildman–Crippen LogP) is 2.32. The Hall–Kier alpha value is -1.56. The maximum Gasteiger partial charge on any atom is 0.191 e. The van der Waals surface area contributed by atoms with Crippen LogP contribution in [0.25, 0.3) is 0 Å². The number of guanidine groups is 1. The molecule has 3 rings (SSSR count). The highest BCUT2D eigenvalue weighted by Gasteiger charge is 2.30. The Morgan fingerprint density at radius 3 is 2.73 bits per heavy atom. The van der Waals surface area contributed by atoms with E-state index in [-0.39, 0.29) is 0 Å². The van der Waals surface area contributed by atoms with Crippen molar-refractivity contribution in [3.8, 4) is 0 Å². The fourth-order valence-electron chi connectivity index (χ4n) is 4.38. The molecular weight excluding hydrogens is 324 g/mol. The van der Waals surface area contributed by atoms with Crippen LogP contribution >= 0.6 is 0 Å². The van der Waals surface area contributed by atoms with Crippen molar-refractivity contribution in [1.82, 2.24) is 25.3 Å². The van der Waals surface area contributed by atoms with Crippen LogP contribution in [-0.4, -0.2) is 59.4 Å². The van der Waals surface area contributed by atoms with Gasteiger partial charge in [-0.05, 0) is 45.1 Å². The first kappa shape index (κ1) is 19.2. The predicted molar refractivity (Wildman–Crippen MR) is 108 cm³/mol. The fourth-order valence-corrected chi connectivity index (χ4v) is 4.38. The lowest BCUT2D eigenvalue weighted by atomic mass is 10.2. The monoisotopic (exact) mass is 360 g/mol. The van der Waals surface area contributed by atoms with E-state index >= 15 is 0 Å². The molecule has 0 aromatic carbocycles. The summed E-state index contributed by atoms with van der Waals surface area (Å²) in [6.07, 6.45) is 6.83. The summed E-state index contributed by atoms with van der Waals surface area (Å²) in [6.45, 7) is 10.7. The lowest BCUT2D eigenvalue weighted by Gasteiger charge is -2.24. The van der Waals surface area contributed by atoms with Crippen LogP contribution in [-0.2, 0) is 6.54 Å². The molecule has 6 nitrogen and oxygen atoms in total. The first-order valence-electron chi connectivity index (χ1n) is 10.3. The molecule has 2 unspecified atom stereocenters. The van der Waals surface area contributed by atoms with E-state index in [2.05, 4.69) is 57.1 Å². The number of hydrogen-bond donors (Lipinski definition) is 2. The minimum Gasteiger partial charge on any atom is -0.356 e. The Kier molecular flexibility index (Phi) is 6.57. The van der Waals surface area contributed by atoms with Crippen LogP contribution in [0, 0.1) is 19.8 Å². The van der Waals surface area contributed by atoms with Gasteiger partial charge < -0.3 is 10.6 Å². The zero-order chi connectivity index (χ0) is 18.5. The molecular formula is C20H36N6. The van der Waals surface area contributed by atoms with Gasteiger partial charge in [-0.1, -0.05) is 19.8 Å². The Morgan fingerprint density at radius 1 is 1.31 bits per heavy atom. The summed E-state index contributed by atoms with van der Waals surface area (Å²) >= 11 is 0. The quantitative estimate of drug-likeness (QED) is 0.604. The van der Waals surface area contributed by atoms with E-state index in [1.807, 2.05) is 7.05 Å². The number of nitrogens with zero attached hydrogens (tertiary/aromatic N) is 4. The van der Waals surface area contributed by atoms with Gasteiger partial charge in [-0.25, -0.2) is 0 Å². The molecule has 1 saturated heterocycles. The summed E-state index contributed by atoms with van der Waals surface area (Å²) in [4.78, 5) is 7.11. The molecule has 1 aliphatic heterocycles. The highest BCUT2D eigenvalue weighted by atomic mass is 15.3. The van der Waals surface area contributed by atoms with Crippen molar-refractivity contribution >= 4 is 5.96 Å². The number of aromatic nitrogens is 2. The number of aliphatic imine (C=N–C) groups is 1. The fraction of sp³-hybridized carbons (Fsp3) is 0.800.